The summed E-state index contributed by atoms with van der Waals surface area (Å²) in [4.78, 5) is 12.0. The molecule has 20 heavy (non-hydrogen) atoms. The third-order valence-corrected chi connectivity index (χ3v) is 2.85. The molecule has 0 fully saturated rings. The largest absolute Gasteiger partial charge is 0.416 e. The Kier molecular flexibility index (Phi) is 3.79. The van der Waals surface area contributed by atoms with Gasteiger partial charge in [0.15, 0.2) is 5.78 Å². The van der Waals surface area contributed by atoms with Crippen LogP contribution in [0.5, 0.6) is 0 Å². The van der Waals surface area contributed by atoms with Crippen LogP contribution in [-0.4, -0.2) is 5.78 Å². The zero-order chi connectivity index (χ0) is 14.8. The number of hydrogen-bond acceptors (Lipinski definition) is 2. The number of halogens is 3. The second-order valence-corrected chi connectivity index (χ2v) is 4.42. The lowest BCUT2D eigenvalue weighted by Gasteiger charge is -2.08. The molecule has 0 amide bonds. The molecule has 0 bridgehead atoms. The molecule has 0 saturated carbocycles. The third-order valence-electron chi connectivity index (χ3n) is 2.85. The first-order chi connectivity index (χ1) is 9.36. The minimum absolute atomic E-state index is 0.0756. The predicted octanol–water partition coefficient (Wildman–Crippen LogP) is 3.71. The fraction of sp³-hybridized carbons (Fsp3) is 0.133. The first-order valence-electron chi connectivity index (χ1n) is 5.91. The third kappa shape index (κ3) is 3.38. The molecule has 5 heteroatoms. The summed E-state index contributed by atoms with van der Waals surface area (Å²) in [5.41, 5.74) is 6.05. The number of nitrogens with two attached hydrogens (primary N) is 1. The van der Waals surface area contributed by atoms with Gasteiger partial charge in [-0.2, -0.15) is 13.2 Å². The van der Waals surface area contributed by atoms with Crippen LogP contribution < -0.4 is 5.73 Å². The van der Waals surface area contributed by atoms with Crippen LogP contribution in [-0.2, 0) is 12.6 Å². The number of nitrogen functional groups attached to an aromatic ring is 1. The molecule has 0 heterocycles. The molecule has 0 aliphatic rings. The second kappa shape index (κ2) is 5.36. The topological polar surface area (TPSA) is 43.1 Å². The van der Waals surface area contributed by atoms with Gasteiger partial charge in [-0.05, 0) is 35.9 Å². The molecule has 0 aliphatic carbocycles. The van der Waals surface area contributed by atoms with Gasteiger partial charge in [-0.15, -0.1) is 0 Å². The molecule has 104 valence electrons. The maximum atomic E-state index is 12.6. The Hall–Kier alpha value is -2.30. The van der Waals surface area contributed by atoms with E-state index in [0.717, 1.165) is 12.1 Å². The highest BCUT2D eigenvalue weighted by atomic mass is 19.4. The van der Waals surface area contributed by atoms with Crippen LogP contribution in [0.4, 0.5) is 18.9 Å². The Labute approximate surface area is 114 Å². The molecule has 0 unspecified atom stereocenters. The number of alkyl halides is 3. The smallest absolute Gasteiger partial charge is 0.399 e. The van der Waals surface area contributed by atoms with Crippen molar-refractivity contribution in [1.29, 1.82) is 0 Å². The number of carbonyl (C=O) groups excluding carboxylic acids is 1. The predicted molar refractivity (Wildman–Crippen MR) is 70.3 cm³/mol. The molecule has 2 N–H and O–H groups in total. The molecular weight excluding hydrogens is 267 g/mol. The average Bonchev–Trinajstić information content (AvgIpc) is 2.38. The van der Waals surface area contributed by atoms with Crippen molar-refractivity contribution in [1.82, 2.24) is 0 Å². The maximum absolute atomic E-state index is 12.6. The lowest BCUT2D eigenvalue weighted by Crippen LogP contribution is -2.08. The Balaban J connectivity index is 2.18. The van der Waals surface area contributed by atoms with E-state index in [9.17, 15) is 18.0 Å². The van der Waals surface area contributed by atoms with Gasteiger partial charge < -0.3 is 5.73 Å². The fourth-order valence-electron chi connectivity index (χ4n) is 1.81. The lowest BCUT2D eigenvalue weighted by molar-refractivity contribution is -0.137. The van der Waals surface area contributed by atoms with Crippen LogP contribution in [0.15, 0.2) is 48.5 Å². The molecule has 0 aromatic heterocycles. The zero-order valence-corrected chi connectivity index (χ0v) is 10.4. The number of anilines is 1. The van der Waals surface area contributed by atoms with E-state index in [-0.39, 0.29) is 12.2 Å². The number of carbonyl (C=O) groups is 1. The lowest BCUT2D eigenvalue weighted by atomic mass is 10.0. The van der Waals surface area contributed by atoms with E-state index in [2.05, 4.69) is 0 Å². The van der Waals surface area contributed by atoms with E-state index in [1.54, 1.807) is 24.3 Å². The Morgan fingerprint density at radius 2 is 1.70 bits per heavy atom. The molecular formula is C15H12F3NO. The van der Waals surface area contributed by atoms with E-state index in [0.29, 0.717) is 16.8 Å². The van der Waals surface area contributed by atoms with Gasteiger partial charge >= 0.3 is 6.18 Å². The minimum Gasteiger partial charge on any atom is -0.399 e. The summed E-state index contributed by atoms with van der Waals surface area (Å²) in [5, 5.41) is 0. The number of Topliss-reactive ketones (excluding diaryl/α,β-unsaturated/α-hetero) is 1. The summed E-state index contributed by atoms with van der Waals surface area (Å²) in [5.74, 6) is -0.246. The van der Waals surface area contributed by atoms with Crippen molar-refractivity contribution in [3.05, 3.63) is 65.2 Å². The van der Waals surface area contributed by atoms with Crippen LogP contribution in [0.3, 0.4) is 0 Å². The van der Waals surface area contributed by atoms with Crippen molar-refractivity contribution in [2.24, 2.45) is 0 Å². The van der Waals surface area contributed by atoms with Crippen molar-refractivity contribution >= 4 is 11.5 Å². The molecule has 0 atom stereocenters. The molecule has 0 aliphatic heterocycles. The van der Waals surface area contributed by atoms with Crippen LogP contribution >= 0.6 is 0 Å². The van der Waals surface area contributed by atoms with Gasteiger partial charge in [0.05, 0.1) is 5.56 Å². The van der Waals surface area contributed by atoms with E-state index in [1.807, 2.05) is 0 Å². The highest BCUT2D eigenvalue weighted by Gasteiger charge is 2.30. The number of ketones is 1. The van der Waals surface area contributed by atoms with Crippen molar-refractivity contribution < 1.29 is 18.0 Å². The van der Waals surface area contributed by atoms with E-state index >= 15 is 0 Å². The zero-order valence-electron chi connectivity index (χ0n) is 10.4. The van der Waals surface area contributed by atoms with Crippen LogP contribution in [0, 0.1) is 0 Å². The summed E-state index contributed by atoms with van der Waals surface area (Å²) >= 11 is 0. The molecule has 0 radical (unpaired) electrons. The van der Waals surface area contributed by atoms with Gasteiger partial charge in [0.25, 0.3) is 0 Å². The normalized spacial score (nSPS) is 11.3. The summed E-state index contributed by atoms with van der Waals surface area (Å²) < 4.78 is 37.7. The van der Waals surface area contributed by atoms with E-state index in [1.165, 1.54) is 12.1 Å². The number of rotatable bonds is 3. The maximum Gasteiger partial charge on any atom is 0.416 e. The van der Waals surface area contributed by atoms with Gasteiger partial charge in [-0.3, -0.25) is 4.79 Å². The Morgan fingerprint density at radius 1 is 1.05 bits per heavy atom. The van der Waals surface area contributed by atoms with Crippen molar-refractivity contribution in [3.8, 4) is 0 Å². The highest BCUT2D eigenvalue weighted by molar-refractivity contribution is 5.97. The molecule has 2 nitrogen and oxygen atoms in total. The molecule has 2 aromatic rings. The molecule has 2 aromatic carbocycles. The first kappa shape index (κ1) is 14.1. The van der Waals surface area contributed by atoms with Gasteiger partial charge in [-0.25, -0.2) is 0 Å². The molecule has 2 rings (SSSR count). The van der Waals surface area contributed by atoms with E-state index < -0.39 is 11.7 Å². The molecule has 0 saturated heterocycles. The van der Waals surface area contributed by atoms with Crippen molar-refractivity contribution in [2.45, 2.75) is 12.6 Å². The first-order valence-corrected chi connectivity index (χ1v) is 5.91. The number of benzene rings is 2. The van der Waals surface area contributed by atoms with Crippen molar-refractivity contribution in [3.63, 3.8) is 0 Å². The van der Waals surface area contributed by atoms with Crippen LogP contribution in [0.25, 0.3) is 0 Å². The summed E-state index contributed by atoms with van der Waals surface area (Å²) in [6.45, 7) is 0. The standard InChI is InChI=1S/C15H12F3NO/c16-15(17,18)12-3-1-2-10(8-12)9-14(20)11-4-6-13(19)7-5-11/h1-8H,9,19H2. The SMILES string of the molecule is Nc1ccc(C(=O)Cc2cccc(C(F)(F)F)c2)cc1. The molecule has 0 spiro atoms. The van der Waals surface area contributed by atoms with Gasteiger partial charge in [-0.1, -0.05) is 18.2 Å². The minimum atomic E-state index is -4.40. The number of hydrogen-bond donors (Lipinski definition) is 1. The van der Waals surface area contributed by atoms with E-state index in [4.69, 9.17) is 5.73 Å². The van der Waals surface area contributed by atoms with Gasteiger partial charge in [0.1, 0.15) is 0 Å². The van der Waals surface area contributed by atoms with Crippen LogP contribution in [0.1, 0.15) is 21.5 Å². The Bertz CT molecular complexity index is 618. The summed E-state index contributed by atoms with van der Waals surface area (Å²) in [7, 11) is 0. The second-order valence-electron chi connectivity index (χ2n) is 4.42. The van der Waals surface area contributed by atoms with Crippen LogP contribution in [0.2, 0.25) is 0 Å². The Morgan fingerprint density at radius 3 is 2.30 bits per heavy atom. The average molecular weight is 279 g/mol. The fourth-order valence-corrected chi connectivity index (χ4v) is 1.81. The van der Waals surface area contributed by atoms with Crippen molar-refractivity contribution in [2.75, 3.05) is 5.73 Å². The monoisotopic (exact) mass is 279 g/mol. The summed E-state index contributed by atoms with van der Waals surface area (Å²) in [6.07, 6.45) is -4.48. The quantitative estimate of drug-likeness (QED) is 0.687. The van der Waals surface area contributed by atoms with Gasteiger partial charge in [0.2, 0.25) is 0 Å². The highest BCUT2D eigenvalue weighted by Crippen LogP contribution is 2.29. The summed E-state index contributed by atoms with van der Waals surface area (Å²) in [6, 6.07) is 11.1. The van der Waals surface area contributed by atoms with Gasteiger partial charge in [0, 0.05) is 17.7 Å².